The SMILES string of the molecule is C1=CC2CCC3C4CC(CC3C2=C1)O4. The van der Waals surface area contributed by atoms with Gasteiger partial charge in [0.05, 0.1) is 12.2 Å². The number of ether oxygens (including phenoxy) is 1. The molecule has 0 aromatic carbocycles. The molecule has 0 N–H and O–H groups in total. The zero-order chi connectivity index (χ0) is 9.12. The maximum absolute atomic E-state index is 5.85. The van der Waals surface area contributed by atoms with E-state index in [2.05, 4.69) is 18.2 Å². The van der Waals surface area contributed by atoms with E-state index in [-0.39, 0.29) is 0 Å². The lowest BCUT2D eigenvalue weighted by atomic mass is 9.61. The van der Waals surface area contributed by atoms with Gasteiger partial charge in [0.1, 0.15) is 0 Å². The van der Waals surface area contributed by atoms with Gasteiger partial charge in [0.2, 0.25) is 0 Å². The summed E-state index contributed by atoms with van der Waals surface area (Å²) in [4.78, 5) is 0. The molecule has 2 bridgehead atoms. The molecule has 74 valence electrons. The number of hydrogen-bond donors (Lipinski definition) is 0. The van der Waals surface area contributed by atoms with E-state index in [9.17, 15) is 0 Å². The quantitative estimate of drug-likeness (QED) is 0.568. The highest BCUT2D eigenvalue weighted by molar-refractivity contribution is 5.32. The molecule has 5 unspecified atom stereocenters. The van der Waals surface area contributed by atoms with E-state index in [4.69, 9.17) is 4.74 Å². The first-order chi connectivity index (χ1) is 6.92. The monoisotopic (exact) mass is 188 g/mol. The maximum Gasteiger partial charge on any atom is 0.0637 e. The predicted molar refractivity (Wildman–Crippen MR) is 54.8 cm³/mol. The van der Waals surface area contributed by atoms with Crippen molar-refractivity contribution in [2.75, 3.05) is 0 Å². The minimum atomic E-state index is 0.612. The average Bonchev–Trinajstić information content (AvgIpc) is 2.63. The average molecular weight is 188 g/mol. The summed E-state index contributed by atoms with van der Waals surface area (Å²) >= 11 is 0. The van der Waals surface area contributed by atoms with Crippen molar-refractivity contribution in [3.05, 3.63) is 23.8 Å². The third kappa shape index (κ3) is 0.844. The fraction of sp³-hybridized carbons (Fsp3) is 0.692. The van der Waals surface area contributed by atoms with Gasteiger partial charge in [-0.2, -0.15) is 0 Å². The molecule has 2 saturated carbocycles. The Hall–Kier alpha value is -0.560. The Balaban J connectivity index is 1.69. The maximum atomic E-state index is 5.85. The second-order valence-electron chi connectivity index (χ2n) is 5.27. The Labute approximate surface area is 84.8 Å². The highest BCUT2D eigenvalue weighted by atomic mass is 16.5. The Bertz CT molecular complexity index is 322. The highest BCUT2D eigenvalue weighted by Gasteiger charge is 2.50. The zero-order valence-electron chi connectivity index (χ0n) is 8.36. The molecule has 0 amide bonds. The van der Waals surface area contributed by atoms with Crippen molar-refractivity contribution >= 4 is 0 Å². The fourth-order valence-electron chi connectivity index (χ4n) is 3.98. The van der Waals surface area contributed by atoms with Gasteiger partial charge in [0, 0.05) is 6.42 Å². The van der Waals surface area contributed by atoms with E-state index in [0.717, 1.165) is 17.8 Å². The summed E-state index contributed by atoms with van der Waals surface area (Å²) in [5.41, 5.74) is 1.74. The molecule has 2 heterocycles. The normalized spacial score (nSPS) is 53.1. The third-order valence-electron chi connectivity index (χ3n) is 4.67. The summed E-state index contributed by atoms with van der Waals surface area (Å²) in [5.74, 6) is 2.54. The summed E-state index contributed by atoms with van der Waals surface area (Å²) in [5, 5.41) is 0. The van der Waals surface area contributed by atoms with Crippen LogP contribution in [0, 0.1) is 17.8 Å². The van der Waals surface area contributed by atoms with E-state index >= 15 is 0 Å². The van der Waals surface area contributed by atoms with Gasteiger partial charge in [-0.3, -0.25) is 0 Å². The molecule has 0 aromatic rings. The fourth-order valence-corrected chi connectivity index (χ4v) is 3.98. The second kappa shape index (κ2) is 2.52. The molecule has 4 fully saturated rings. The molecule has 0 radical (unpaired) electrons. The first-order valence-electron chi connectivity index (χ1n) is 5.95. The van der Waals surface area contributed by atoms with Crippen LogP contribution in [-0.2, 0) is 4.74 Å². The molecular weight excluding hydrogens is 172 g/mol. The van der Waals surface area contributed by atoms with Crippen LogP contribution in [0.5, 0.6) is 0 Å². The van der Waals surface area contributed by atoms with Gasteiger partial charge in [0.25, 0.3) is 0 Å². The van der Waals surface area contributed by atoms with E-state index < -0.39 is 0 Å². The van der Waals surface area contributed by atoms with Crippen molar-refractivity contribution in [1.82, 2.24) is 0 Å². The van der Waals surface area contributed by atoms with Crippen LogP contribution >= 0.6 is 0 Å². The third-order valence-corrected chi connectivity index (χ3v) is 4.67. The molecule has 2 saturated heterocycles. The van der Waals surface area contributed by atoms with Crippen molar-refractivity contribution < 1.29 is 4.74 Å². The van der Waals surface area contributed by atoms with Gasteiger partial charge in [0.15, 0.2) is 0 Å². The Kier molecular flexibility index (Phi) is 1.38. The summed E-state index contributed by atoms with van der Waals surface area (Å²) < 4.78 is 5.85. The molecular formula is C13H16O. The van der Waals surface area contributed by atoms with Crippen molar-refractivity contribution in [3.8, 4) is 0 Å². The van der Waals surface area contributed by atoms with Gasteiger partial charge < -0.3 is 4.74 Å². The summed E-state index contributed by atoms with van der Waals surface area (Å²) in [6.07, 6.45) is 13.7. The van der Waals surface area contributed by atoms with Crippen molar-refractivity contribution in [2.45, 2.75) is 37.9 Å². The highest BCUT2D eigenvalue weighted by Crippen LogP contribution is 2.53. The lowest BCUT2D eigenvalue weighted by molar-refractivity contribution is -0.206. The molecule has 14 heavy (non-hydrogen) atoms. The second-order valence-corrected chi connectivity index (χ2v) is 5.27. The van der Waals surface area contributed by atoms with E-state index in [1.54, 1.807) is 5.57 Å². The largest absolute Gasteiger partial charge is 0.374 e. The number of allylic oxidation sites excluding steroid dienone is 4. The molecule has 5 aliphatic rings. The van der Waals surface area contributed by atoms with E-state index in [1.165, 1.54) is 25.7 Å². The van der Waals surface area contributed by atoms with E-state index in [0.29, 0.717) is 12.2 Å². The molecule has 0 aromatic heterocycles. The lowest BCUT2D eigenvalue weighted by Crippen LogP contribution is -2.54. The standard InChI is InChI=1S/C13H16O/c1-2-8-4-5-11-12(10(8)3-1)6-9-7-13(11)14-9/h1-3,8-9,11-13H,4-7H2. The minimum Gasteiger partial charge on any atom is -0.374 e. The summed E-state index contributed by atoms with van der Waals surface area (Å²) in [6.45, 7) is 0. The van der Waals surface area contributed by atoms with Gasteiger partial charge >= 0.3 is 0 Å². The Morgan fingerprint density at radius 2 is 2.14 bits per heavy atom. The van der Waals surface area contributed by atoms with Crippen LogP contribution in [0.15, 0.2) is 23.8 Å². The van der Waals surface area contributed by atoms with Gasteiger partial charge in [-0.1, -0.05) is 23.8 Å². The first-order valence-corrected chi connectivity index (χ1v) is 5.95. The summed E-state index contributed by atoms with van der Waals surface area (Å²) in [7, 11) is 0. The van der Waals surface area contributed by atoms with E-state index in [1.807, 2.05) is 0 Å². The van der Waals surface area contributed by atoms with Crippen LogP contribution in [0.4, 0.5) is 0 Å². The van der Waals surface area contributed by atoms with Crippen LogP contribution in [-0.4, -0.2) is 12.2 Å². The first kappa shape index (κ1) is 7.70. The molecule has 1 nitrogen and oxygen atoms in total. The van der Waals surface area contributed by atoms with Gasteiger partial charge in [-0.15, -0.1) is 0 Å². The van der Waals surface area contributed by atoms with Crippen molar-refractivity contribution in [3.63, 3.8) is 0 Å². The number of hydrogen-bond acceptors (Lipinski definition) is 1. The zero-order valence-corrected chi connectivity index (χ0v) is 8.36. The lowest BCUT2D eigenvalue weighted by Gasteiger charge is -2.54. The number of rotatable bonds is 0. The molecule has 5 rings (SSSR count). The van der Waals surface area contributed by atoms with Gasteiger partial charge in [-0.25, -0.2) is 0 Å². The molecule has 0 spiro atoms. The van der Waals surface area contributed by atoms with Crippen LogP contribution in [0.3, 0.4) is 0 Å². The van der Waals surface area contributed by atoms with Gasteiger partial charge in [-0.05, 0) is 37.0 Å². The minimum absolute atomic E-state index is 0.612. The van der Waals surface area contributed by atoms with Crippen molar-refractivity contribution in [1.29, 1.82) is 0 Å². The number of fused-ring (bicyclic) bond motifs is 1. The van der Waals surface area contributed by atoms with Crippen LogP contribution < -0.4 is 0 Å². The molecule has 5 atom stereocenters. The Morgan fingerprint density at radius 1 is 1.21 bits per heavy atom. The molecule has 2 aliphatic heterocycles. The van der Waals surface area contributed by atoms with Crippen LogP contribution in [0.1, 0.15) is 25.7 Å². The summed E-state index contributed by atoms with van der Waals surface area (Å²) in [6, 6.07) is 0. The molecule has 1 heteroatoms. The van der Waals surface area contributed by atoms with Crippen LogP contribution in [0.25, 0.3) is 0 Å². The topological polar surface area (TPSA) is 9.23 Å². The molecule has 3 aliphatic carbocycles. The predicted octanol–water partition coefficient (Wildman–Crippen LogP) is 2.69. The van der Waals surface area contributed by atoms with Crippen LogP contribution in [0.2, 0.25) is 0 Å². The van der Waals surface area contributed by atoms with Crippen molar-refractivity contribution in [2.24, 2.45) is 17.8 Å². The smallest absolute Gasteiger partial charge is 0.0637 e. The Morgan fingerprint density at radius 3 is 3.07 bits per heavy atom.